The Morgan fingerprint density at radius 3 is 2.71 bits per heavy atom. The Kier molecular flexibility index (Phi) is 6.04. The zero-order chi connectivity index (χ0) is 20.1. The van der Waals surface area contributed by atoms with Gasteiger partial charge in [-0.15, -0.1) is 0 Å². The summed E-state index contributed by atoms with van der Waals surface area (Å²) in [6.07, 6.45) is 2.77. The van der Waals surface area contributed by atoms with Gasteiger partial charge in [0.25, 0.3) is 5.91 Å². The lowest BCUT2D eigenvalue weighted by Crippen LogP contribution is -2.49. The van der Waals surface area contributed by atoms with Crippen LogP contribution in [0.2, 0.25) is 0 Å². The molecule has 0 spiro atoms. The van der Waals surface area contributed by atoms with Crippen molar-refractivity contribution in [2.24, 2.45) is 0 Å². The van der Waals surface area contributed by atoms with Gasteiger partial charge in [-0.1, -0.05) is 0 Å². The highest BCUT2D eigenvalue weighted by molar-refractivity contribution is 5.91. The van der Waals surface area contributed by atoms with E-state index in [1.165, 1.54) is 12.6 Å². The van der Waals surface area contributed by atoms with Crippen molar-refractivity contribution >= 4 is 23.2 Å². The average Bonchev–Trinajstić information content (AvgIpc) is 3.25. The molecular weight excluding hydrogens is 368 g/mol. The third kappa shape index (κ3) is 4.03. The fourth-order valence-electron chi connectivity index (χ4n) is 3.05. The molecule has 0 N–H and O–H groups in total. The minimum absolute atomic E-state index is 0.146. The van der Waals surface area contributed by atoms with Crippen molar-refractivity contribution in [2.45, 2.75) is 0 Å². The van der Waals surface area contributed by atoms with Crippen LogP contribution in [-0.4, -0.2) is 79.2 Å². The van der Waals surface area contributed by atoms with Crippen LogP contribution >= 0.6 is 0 Å². The second-order valence-corrected chi connectivity index (χ2v) is 6.30. The van der Waals surface area contributed by atoms with Gasteiger partial charge in [-0.05, 0) is 12.1 Å². The topological polar surface area (TPSA) is 118 Å². The van der Waals surface area contributed by atoms with E-state index in [4.69, 9.17) is 9.15 Å². The van der Waals surface area contributed by atoms with Gasteiger partial charge in [0.1, 0.15) is 6.33 Å². The van der Waals surface area contributed by atoms with Crippen LogP contribution in [0.15, 0.2) is 29.1 Å². The van der Waals surface area contributed by atoms with E-state index in [-0.39, 0.29) is 29.0 Å². The number of rotatable bonds is 7. The van der Waals surface area contributed by atoms with Crippen LogP contribution in [0, 0.1) is 10.1 Å². The maximum absolute atomic E-state index is 12.4. The number of piperazine rings is 1. The highest BCUT2D eigenvalue weighted by Gasteiger charge is 2.32. The Morgan fingerprint density at radius 1 is 1.36 bits per heavy atom. The second kappa shape index (κ2) is 8.65. The van der Waals surface area contributed by atoms with E-state index in [2.05, 4.69) is 9.97 Å². The number of amides is 1. The van der Waals surface area contributed by atoms with E-state index in [0.717, 1.165) is 0 Å². The van der Waals surface area contributed by atoms with E-state index in [1.807, 2.05) is 0 Å². The summed E-state index contributed by atoms with van der Waals surface area (Å²) in [5, 5.41) is 11.8. The molecule has 0 atom stereocenters. The highest BCUT2D eigenvalue weighted by atomic mass is 16.6. The number of carbonyl (C=O) groups excluding carboxylic acids is 1. The van der Waals surface area contributed by atoms with Gasteiger partial charge in [0.05, 0.1) is 17.8 Å². The van der Waals surface area contributed by atoms with Crippen LogP contribution in [0.4, 0.5) is 17.3 Å². The molecule has 11 heteroatoms. The summed E-state index contributed by atoms with van der Waals surface area (Å²) in [7, 11) is 3.29. The maximum atomic E-state index is 12.4. The summed E-state index contributed by atoms with van der Waals surface area (Å²) in [5.41, 5.74) is -0.146. The fourth-order valence-corrected chi connectivity index (χ4v) is 3.05. The molecule has 3 rings (SSSR count). The van der Waals surface area contributed by atoms with Crippen LogP contribution in [-0.2, 0) is 4.74 Å². The molecule has 1 aliphatic heterocycles. The Labute approximate surface area is 161 Å². The van der Waals surface area contributed by atoms with Crippen molar-refractivity contribution in [3.05, 3.63) is 40.6 Å². The molecule has 0 aliphatic carbocycles. The average molecular weight is 390 g/mol. The number of hydrogen-bond acceptors (Lipinski definition) is 9. The fraction of sp³-hybridized carbons (Fsp3) is 0.471. The molecular formula is C17H22N6O5. The van der Waals surface area contributed by atoms with Crippen molar-refractivity contribution in [1.82, 2.24) is 14.9 Å². The predicted octanol–water partition coefficient (Wildman–Crippen LogP) is 1.02. The molecule has 0 unspecified atom stereocenters. The molecule has 3 heterocycles. The monoisotopic (exact) mass is 390 g/mol. The minimum Gasteiger partial charge on any atom is -0.459 e. The van der Waals surface area contributed by atoms with Crippen molar-refractivity contribution in [3.63, 3.8) is 0 Å². The van der Waals surface area contributed by atoms with Gasteiger partial charge in [0, 0.05) is 46.9 Å². The van der Waals surface area contributed by atoms with E-state index < -0.39 is 4.92 Å². The Bertz CT molecular complexity index is 819. The van der Waals surface area contributed by atoms with Crippen molar-refractivity contribution in [2.75, 3.05) is 63.3 Å². The van der Waals surface area contributed by atoms with E-state index in [1.54, 1.807) is 41.0 Å². The largest absolute Gasteiger partial charge is 0.459 e. The summed E-state index contributed by atoms with van der Waals surface area (Å²) in [6, 6.07) is 3.28. The molecule has 11 nitrogen and oxygen atoms in total. The normalized spacial score (nSPS) is 14.2. The van der Waals surface area contributed by atoms with Crippen LogP contribution in [0.1, 0.15) is 10.6 Å². The zero-order valence-electron chi connectivity index (χ0n) is 15.8. The first kappa shape index (κ1) is 19.5. The number of aromatic nitrogens is 2. The molecule has 1 amide bonds. The van der Waals surface area contributed by atoms with Gasteiger partial charge in [-0.2, -0.15) is 0 Å². The quantitative estimate of drug-likeness (QED) is 0.504. The SMILES string of the molecule is COCCN(C)c1ncnc(N2CCN(C(=O)c3ccco3)CC2)c1[N+](=O)[O-]. The number of carbonyl (C=O) groups is 1. The lowest BCUT2D eigenvalue weighted by Gasteiger charge is -2.34. The summed E-state index contributed by atoms with van der Waals surface area (Å²) in [5.74, 6) is 0.579. The van der Waals surface area contributed by atoms with Crippen LogP contribution in [0.25, 0.3) is 0 Å². The molecule has 0 aromatic carbocycles. The standard InChI is InChI=1S/C17H22N6O5/c1-20(9-11-27-2)15-14(23(25)26)16(19-12-18-15)21-5-7-22(8-6-21)17(24)13-4-3-10-28-13/h3-4,10,12H,5-9,11H2,1-2H3. The number of nitro groups is 1. The number of methoxy groups -OCH3 is 1. The molecule has 0 bridgehead atoms. The van der Waals surface area contributed by atoms with Gasteiger partial charge in [-0.3, -0.25) is 14.9 Å². The summed E-state index contributed by atoms with van der Waals surface area (Å²) >= 11 is 0. The van der Waals surface area contributed by atoms with Gasteiger partial charge in [-0.25, -0.2) is 9.97 Å². The number of likely N-dealkylation sites (N-methyl/N-ethyl adjacent to an activating group) is 1. The molecule has 2 aromatic heterocycles. The van der Waals surface area contributed by atoms with E-state index in [9.17, 15) is 14.9 Å². The van der Waals surface area contributed by atoms with Gasteiger partial charge in [0.15, 0.2) is 5.76 Å². The summed E-state index contributed by atoms with van der Waals surface area (Å²) in [6.45, 7) is 2.54. The molecule has 0 radical (unpaired) electrons. The van der Waals surface area contributed by atoms with Crippen LogP contribution < -0.4 is 9.80 Å². The third-order valence-corrected chi connectivity index (χ3v) is 4.56. The van der Waals surface area contributed by atoms with Crippen molar-refractivity contribution in [3.8, 4) is 0 Å². The Hall–Kier alpha value is -3.21. The van der Waals surface area contributed by atoms with Crippen LogP contribution in [0.5, 0.6) is 0 Å². The summed E-state index contributed by atoms with van der Waals surface area (Å²) in [4.78, 5) is 37.1. The molecule has 1 aliphatic rings. The maximum Gasteiger partial charge on any atom is 0.353 e. The first-order chi connectivity index (χ1) is 13.5. The van der Waals surface area contributed by atoms with Gasteiger partial charge >= 0.3 is 5.69 Å². The Morgan fingerprint density at radius 2 is 2.11 bits per heavy atom. The lowest BCUT2D eigenvalue weighted by molar-refractivity contribution is -0.383. The van der Waals surface area contributed by atoms with Crippen molar-refractivity contribution in [1.29, 1.82) is 0 Å². The highest BCUT2D eigenvalue weighted by Crippen LogP contribution is 2.34. The predicted molar refractivity (Wildman–Crippen MR) is 101 cm³/mol. The number of anilines is 2. The number of furan rings is 1. The summed E-state index contributed by atoms with van der Waals surface area (Å²) < 4.78 is 10.2. The Balaban J connectivity index is 1.77. The van der Waals surface area contributed by atoms with Gasteiger partial charge in [0.2, 0.25) is 11.6 Å². The first-order valence-electron chi connectivity index (χ1n) is 8.80. The minimum atomic E-state index is -0.464. The zero-order valence-corrected chi connectivity index (χ0v) is 15.8. The van der Waals surface area contributed by atoms with Crippen molar-refractivity contribution < 1.29 is 18.9 Å². The molecule has 28 heavy (non-hydrogen) atoms. The molecule has 2 aromatic rings. The van der Waals surface area contributed by atoms with E-state index >= 15 is 0 Å². The number of ether oxygens (including phenoxy) is 1. The second-order valence-electron chi connectivity index (χ2n) is 6.30. The van der Waals surface area contributed by atoms with E-state index in [0.29, 0.717) is 39.3 Å². The number of nitrogens with zero attached hydrogens (tertiary/aromatic N) is 6. The van der Waals surface area contributed by atoms with Gasteiger partial charge < -0.3 is 23.9 Å². The smallest absolute Gasteiger partial charge is 0.353 e. The first-order valence-corrected chi connectivity index (χ1v) is 8.80. The van der Waals surface area contributed by atoms with Crippen LogP contribution in [0.3, 0.4) is 0 Å². The molecule has 150 valence electrons. The molecule has 0 saturated carbocycles. The molecule has 1 saturated heterocycles. The lowest BCUT2D eigenvalue weighted by atomic mass is 10.2. The molecule has 1 fully saturated rings. The number of hydrogen-bond donors (Lipinski definition) is 0. The third-order valence-electron chi connectivity index (χ3n) is 4.56.